The van der Waals surface area contributed by atoms with E-state index >= 15 is 0 Å². The van der Waals surface area contributed by atoms with Gasteiger partial charge in [0.1, 0.15) is 0 Å². The van der Waals surface area contributed by atoms with Gasteiger partial charge in [0.05, 0.1) is 0 Å². The second-order valence-corrected chi connectivity index (χ2v) is 7.10. The molecular weight excluding hydrogens is 260 g/mol. The molecule has 1 aliphatic carbocycles. The minimum atomic E-state index is -0.231. The van der Waals surface area contributed by atoms with Gasteiger partial charge in [-0.05, 0) is 57.6 Å². The van der Waals surface area contributed by atoms with Crippen molar-refractivity contribution in [3.05, 3.63) is 35.4 Å². The number of rotatable bonds is 4. The average Bonchev–Trinajstić information content (AvgIpc) is 2.40. The van der Waals surface area contributed by atoms with Crippen molar-refractivity contribution in [2.24, 2.45) is 11.7 Å². The molecule has 3 nitrogen and oxygen atoms in total. The van der Waals surface area contributed by atoms with Gasteiger partial charge in [0.25, 0.3) is 0 Å². The van der Waals surface area contributed by atoms with Crippen LogP contribution in [0.15, 0.2) is 24.3 Å². The van der Waals surface area contributed by atoms with Gasteiger partial charge in [-0.2, -0.15) is 0 Å². The molecule has 2 rings (SSSR count). The fraction of sp³-hybridized carbons (Fsp3) is 0.611. The molecule has 1 amide bonds. The summed E-state index contributed by atoms with van der Waals surface area (Å²) >= 11 is 0. The summed E-state index contributed by atoms with van der Waals surface area (Å²) in [5.41, 5.74) is 8.33. The first kappa shape index (κ1) is 16.0. The quantitative estimate of drug-likeness (QED) is 0.895. The number of amides is 1. The largest absolute Gasteiger partial charge is 0.351 e. The minimum Gasteiger partial charge on any atom is -0.351 e. The smallest absolute Gasteiger partial charge is 0.223 e. The first-order valence-electron chi connectivity index (χ1n) is 7.99. The maximum absolute atomic E-state index is 12.5. The molecule has 0 radical (unpaired) electrons. The third-order valence-corrected chi connectivity index (χ3v) is 4.44. The Hall–Kier alpha value is -1.35. The van der Waals surface area contributed by atoms with Crippen molar-refractivity contribution in [1.82, 2.24) is 5.32 Å². The Morgan fingerprint density at radius 3 is 2.71 bits per heavy atom. The third-order valence-electron chi connectivity index (χ3n) is 4.44. The number of carbonyl (C=O) groups is 1. The summed E-state index contributed by atoms with van der Waals surface area (Å²) in [7, 11) is 0. The van der Waals surface area contributed by atoms with E-state index in [1.807, 2.05) is 6.07 Å². The zero-order valence-corrected chi connectivity index (χ0v) is 13.5. The molecule has 0 heterocycles. The molecule has 1 fully saturated rings. The maximum atomic E-state index is 12.5. The number of aryl methyl sites for hydroxylation is 1. The van der Waals surface area contributed by atoms with Gasteiger partial charge in [-0.15, -0.1) is 0 Å². The summed E-state index contributed by atoms with van der Waals surface area (Å²) in [6.07, 6.45) is 4.77. The molecule has 1 aromatic carbocycles. The van der Waals surface area contributed by atoms with Gasteiger partial charge in [0.2, 0.25) is 5.91 Å². The number of benzene rings is 1. The monoisotopic (exact) mass is 288 g/mol. The first-order chi connectivity index (χ1) is 9.87. The summed E-state index contributed by atoms with van der Waals surface area (Å²) < 4.78 is 0. The van der Waals surface area contributed by atoms with Crippen LogP contribution in [0.5, 0.6) is 0 Å². The van der Waals surface area contributed by atoms with E-state index in [1.54, 1.807) is 0 Å². The Bertz CT molecular complexity index is 496. The molecule has 3 heteroatoms. The van der Waals surface area contributed by atoms with E-state index in [0.717, 1.165) is 32.1 Å². The fourth-order valence-corrected chi connectivity index (χ4v) is 3.23. The number of hydrogen-bond donors (Lipinski definition) is 2. The molecule has 1 aromatic rings. The van der Waals surface area contributed by atoms with E-state index < -0.39 is 0 Å². The van der Waals surface area contributed by atoms with Crippen LogP contribution in [0.4, 0.5) is 0 Å². The van der Waals surface area contributed by atoms with Crippen molar-refractivity contribution in [2.75, 3.05) is 0 Å². The topological polar surface area (TPSA) is 55.1 Å². The summed E-state index contributed by atoms with van der Waals surface area (Å²) in [6, 6.07) is 8.55. The zero-order valence-electron chi connectivity index (χ0n) is 13.5. The molecule has 1 aliphatic rings. The molecule has 2 unspecified atom stereocenters. The Balaban J connectivity index is 1.97. The highest BCUT2D eigenvalue weighted by molar-refractivity contribution is 5.79. The SMILES string of the molecule is Cc1ccccc1CC(C)(C)NC(=O)C1CCCC(N)C1. The molecule has 0 bridgehead atoms. The van der Waals surface area contributed by atoms with E-state index in [2.05, 4.69) is 44.3 Å². The van der Waals surface area contributed by atoms with Gasteiger partial charge in [0.15, 0.2) is 0 Å². The molecule has 116 valence electrons. The molecule has 0 spiro atoms. The van der Waals surface area contributed by atoms with Gasteiger partial charge in [0, 0.05) is 17.5 Å². The Labute approximate surface area is 128 Å². The molecule has 21 heavy (non-hydrogen) atoms. The summed E-state index contributed by atoms with van der Waals surface area (Å²) in [6.45, 7) is 6.31. The normalized spacial score (nSPS) is 22.9. The molecule has 3 N–H and O–H groups in total. The summed E-state index contributed by atoms with van der Waals surface area (Å²) in [5, 5.41) is 3.23. The highest BCUT2D eigenvalue weighted by Gasteiger charge is 2.29. The van der Waals surface area contributed by atoms with Crippen molar-refractivity contribution in [3.63, 3.8) is 0 Å². The van der Waals surface area contributed by atoms with Gasteiger partial charge in [-0.1, -0.05) is 30.7 Å². The van der Waals surface area contributed by atoms with Crippen molar-refractivity contribution < 1.29 is 4.79 Å². The Morgan fingerprint density at radius 1 is 1.33 bits per heavy atom. The van der Waals surface area contributed by atoms with Gasteiger partial charge in [-0.25, -0.2) is 0 Å². The summed E-state index contributed by atoms with van der Waals surface area (Å²) in [4.78, 5) is 12.5. The van der Waals surface area contributed by atoms with Gasteiger partial charge in [-0.3, -0.25) is 4.79 Å². The van der Waals surface area contributed by atoms with E-state index in [1.165, 1.54) is 11.1 Å². The molecule has 0 saturated heterocycles. The van der Waals surface area contributed by atoms with Crippen LogP contribution >= 0.6 is 0 Å². The third kappa shape index (κ3) is 4.57. The minimum absolute atomic E-state index is 0.0879. The lowest BCUT2D eigenvalue weighted by Crippen LogP contribution is -2.49. The highest BCUT2D eigenvalue weighted by atomic mass is 16.2. The average molecular weight is 288 g/mol. The van der Waals surface area contributed by atoms with E-state index in [0.29, 0.717) is 0 Å². The molecule has 0 aromatic heterocycles. The van der Waals surface area contributed by atoms with Crippen molar-refractivity contribution in [1.29, 1.82) is 0 Å². The molecule has 0 aliphatic heterocycles. The lowest BCUT2D eigenvalue weighted by Gasteiger charge is -2.32. The fourth-order valence-electron chi connectivity index (χ4n) is 3.23. The van der Waals surface area contributed by atoms with Crippen LogP contribution in [0.1, 0.15) is 50.7 Å². The number of nitrogens with two attached hydrogens (primary N) is 1. The number of nitrogens with one attached hydrogen (secondary N) is 1. The second-order valence-electron chi connectivity index (χ2n) is 7.10. The Kier molecular flexibility index (Phi) is 5.04. The number of hydrogen-bond acceptors (Lipinski definition) is 2. The van der Waals surface area contributed by atoms with Crippen LogP contribution < -0.4 is 11.1 Å². The molecule has 1 saturated carbocycles. The predicted molar refractivity (Wildman–Crippen MR) is 87.0 cm³/mol. The van der Waals surface area contributed by atoms with E-state index in [4.69, 9.17) is 5.73 Å². The maximum Gasteiger partial charge on any atom is 0.223 e. The van der Waals surface area contributed by atoms with Crippen LogP contribution in [0.3, 0.4) is 0 Å². The van der Waals surface area contributed by atoms with Crippen molar-refractivity contribution >= 4 is 5.91 Å². The van der Waals surface area contributed by atoms with E-state index in [9.17, 15) is 4.79 Å². The van der Waals surface area contributed by atoms with Crippen LogP contribution in [-0.4, -0.2) is 17.5 Å². The van der Waals surface area contributed by atoms with Gasteiger partial charge < -0.3 is 11.1 Å². The predicted octanol–water partition coefficient (Wildman–Crippen LogP) is 2.95. The van der Waals surface area contributed by atoms with Crippen LogP contribution in [0.2, 0.25) is 0 Å². The highest BCUT2D eigenvalue weighted by Crippen LogP contribution is 2.24. The van der Waals surface area contributed by atoms with Crippen LogP contribution in [0, 0.1) is 12.8 Å². The van der Waals surface area contributed by atoms with Crippen molar-refractivity contribution in [3.8, 4) is 0 Å². The van der Waals surface area contributed by atoms with Crippen molar-refractivity contribution in [2.45, 2.75) is 64.5 Å². The first-order valence-corrected chi connectivity index (χ1v) is 7.99. The van der Waals surface area contributed by atoms with Gasteiger partial charge >= 0.3 is 0 Å². The van der Waals surface area contributed by atoms with Crippen LogP contribution in [0.25, 0.3) is 0 Å². The summed E-state index contributed by atoms with van der Waals surface area (Å²) in [5.74, 6) is 0.258. The Morgan fingerprint density at radius 2 is 2.05 bits per heavy atom. The zero-order chi connectivity index (χ0) is 15.5. The lowest BCUT2D eigenvalue weighted by molar-refractivity contribution is -0.127. The number of carbonyl (C=O) groups excluding carboxylic acids is 1. The molecule has 2 atom stereocenters. The van der Waals surface area contributed by atoms with E-state index in [-0.39, 0.29) is 23.4 Å². The molecular formula is C18H28N2O. The standard InChI is InChI=1S/C18H28N2O/c1-13-7-4-5-8-15(13)12-18(2,3)20-17(21)14-9-6-10-16(19)11-14/h4-5,7-8,14,16H,6,9-12,19H2,1-3H3,(H,20,21). The second kappa shape index (κ2) is 6.61. The van der Waals surface area contributed by atoms with Crippen LogP contribution in [-0.2, 0) is 11.2 Å². The lowest BCUT2D eigenvalue weighted by atomic mass is 9.84.